The molecule has 0 spiro atoms. The third-order valence-corrected chi connectivity index (χ3v) is 5.67. The third-order valence-electron chi connectivity index (χ3n) is 3.80. The number of rotatable bonds is 5. The number of nitrogen functional groups attached to an aromatic ring is 1. The van der Waals surface area contributed by atoms with Gasteiger partial charge in [0.25, 0.3) is 0 Å². The van der Waals surface area contributed by atoms with Crippen molar-refractivity contribution in [1.82, 2.24) is 20.1 Å². The highest BCUT2D eigenvalue weighted by Crippen LogP contribution is 2.25. The Morgan fingerprint density at radius 2 is 2.25 bits per heavy atom. The summed E-state index contributed by atoms with van der Waals surface area (Å²) in [5.74, 6) is 0.115. The minimum Gasteiger partial charge on any atom is -0.374 e. The van der Waals surface area contributed by atoms with E-state index in [0.717, 1.165) is 12.8 Å². The van der Waals surface area contributed by atoms with Crippen LogP contribution in [0.4, 0.5) is 5.13 Å². The van der Waals surface area contributed by atoms with Crippen molar-refractivity contribution in [1.29, 1.82) is 0 Å². The first-order valence-corrected chi connectivity index (χ1v) is 9.38. The Hall–Kier alpha value is -2.00. The molecule has 2 aromatic rings. The number of amides is 1. The quantitative estimate of drug-likeness (QED) is 0.637. The summed E-state index contributed by atoms with van der Waals surface area (Å²) in [4.78, 5) is 30.8. The molecule has 1 fully saturated rings. The number of likely N-dealkylation sites (tertiary alicyclic amines) is 1. The van der Waals surface area contributed by atoms with Gasteiger partial charge in [-0.1, -0.05) is 29.2 Å². The zero-order valence-corrected chi connectivity index (χ0v) is 14.6. The van der Waals surface area contributed by atoms with E-state index in [1.807, 2.05) is 0 Å². The summed E-state index contributed by atoms with van der Waals surface area (Å²) in [7, 11) is 0. The number of carbonyl (C=O) groups is 2. The number of nitrogens with two attached hydrogens (primary N) is 1. The molecule has 126 valence electrons. The summed E-state index contributed by atoms with van der Waals surface area (Å²) in [5, 5.41) is 8.01. The molecule has 1 saturated heterocycles. The number of thioether (sulfide) groups is 1. The molecule has 2 N–H and O–H groups in total. The summed E-state index contributed by atoms with van der Waals surface area (Å²) < 4.78 is 0.680. The minimum atomic E-state index is -0.181. The van der Waals surface area contributed by atoms with Gasteiger partial charge in [-0.15, -0.1) is 10.2 Å². The molecule has 3 rings (SSSR count). The van der Waals surface area contributed by atoms with E-state index in [4.69, 9.17) is 5.73 Å². The summed E-state index contributed by atoms with van der Waals surface area (Å²) in [6, 6.07) is 5.31. The molecule has 0 radical (unpaired) electrons. The van der Waals surface area contributed by atoms with Crippen LogP contribution in [0, 0.1) is 5.92 Å². The predicted octanol–water partition coefficient (Wildman–Crippen LogP) is 1.73. The first-order chi connectivity index (χ1) is 11.6. The van der Waals surface area contributed by atoms with E-state index >= 15 is 0 Å². The van der Waals surface area contributed by atoms with Crippen molar-refractivity contribution in [2.24, 2.45) is 5.92 Å². The smallest absolute Gasteiger partial charge is 0.233 e. The van der Waals surface area contributed by atoms with E-state index in [1.54, 1.807) is 29.3 Å². The first kappa shape index (κ1) is 16.8. The fourth-order valence-electron chi connectivity index (χ4n) is 2.63. The van der Waals surface area contributed by atoms with Gasteiger partial charge in [-0.05, 0) is 25.0 Å². The second-order valence-electron chi connectivity index (χ2n) is 5.45. The molecule has 0 aromatic carbocycles. The van der Waals surface area contributed by atoms with Crippen LogP contribution in [0.3, 0.4) is 0 Å². The summed E-state index contributed by atoms with van der Waals surface area (Å²) in [6.07, 6.45) is 3.23. The highest BCUT2D eigenvalue weighted by Gasteiger charge is 2.29. The van der Waals surface area contributed by atoms with Crippen molar-refractivity contribution in [2.45, 2.75) is 17.2 Å². The minimum absolute atomic E-state index is 0.00675. The number of piperidine rings is 1. The molecule has 0 aliphatic carbocycles. The Morgan fingerprint density at radius 3 is 2.96 bits per heavy atom. The largest absolute Gasteiger partial charge is 0.374 e. The van der Waals surface area contributed by atoms with E-state index in [2.05, 4.69) is 15.2 Å². The number of carbonyl (C=O) groups excluding carboxylic acids is 2. The van der Waals surface area contributed by atoms with Gasteiger partial charge in [-0.25, -0.2) is 0 Å². The maximum atomic E-state index is 12.5. The molecule has 0 saturated carbocycles. The molecule has 1 aliphatic heterocycles. The van der Waals surface area contributed by atoms with Gasteiger partial charge in [-0.2, -0.15) is 0 Å². The Kier molecular flexibility index (Phi) is 5.41. The van der Waals surface area contributed by atoms with E-state index < -0.39 is 0 Å². The second kappa shape index (κ2) is 7.71. The van der Waals surface area contributed by atoms with Crippen molar-refractivity contribution < 1.29 is 9.59 Å². The van der Waals surface area contributed by atoms with Crippen molar-refractivity contribution in [3.63, 3.8) is 0 Å². The number of hydrogen-bond acceptors (Lipinski definition) is 8. The average molecular weight is 363 g/mol. The highest BCUT2D eigenvalue weighted by atomic mass is 32.2. The zero-order chi connectivity index (χ0) is 16.9. The summed E-state index contributed by atoms with van der Waals surface area (Å²) >= 11 is 2.59. The van der Waals surface area contributed by atoms with Crippen LogP contribution in [0.15, 0.2) is 28.7 Å². The fourth-order valence-corrected chi connectivity index (χ4v) is 4.17. The van der Waals surface area contributed by atoms with Gasteiger partial charge in [0.2, 0.25) is 11.0 Å². The number of anilines is 1. The van der Waals surface area contributed by atoms with E-state index in [9.17, 15) is 9.59 Å². The number of ketones is 1. The molecule has 0 unspecified atom stereocenters. The van der Waals surface area contributed by atoms with E-state index in [1.165, 1.54) is 23.1 Å². The lowest BCUT2D eigenvalue weighted by molar-refractivity contribution is -0.129. The lowest BCUT2D eigenvalue weighted by Crippen LogP contribution is -2.43. The van der Waals surface area contributed by atoms with Gasteiger partial charge in [-0.3, -0.25) is 14.6 Å². The molecule has 24 heavy (non-hydrogen) atoms. The van der Waals surface area contributed by atoms with Gasteiger partial charge >= 0.3 is 0 Å². The Labute approximate surface area is 147 Å². The predicted molar refractivity (Wildman–Crippen MR) is 92.9 cm³/mol. The van der Waals surface area contributed by atoms with Crippen LogP contribution in [0.1, 0.15) is 23.3 Å². The Morgan fingerprint density at radius 1 is 1.38 bits per heavy atom. The van der Waals surface area contributed by atoms with Gasteiger partial charge in [0.05, 0.1) is 5.75 Å². The van der Waals surface area contributed by atoms with Crippen LogP contribution in [0.5, 0.6) is 0 Å². The van der Waals surface area contributed by atoms with E-state index in [-0.39, 0.29) is 23.4 Å². The van der Waals surface area contributed by atoms with Crippen molar-refractivity contribution in [2.75, 3.05) is 24.6 Å². The summed E-state index contributed by atoms with van der Waals surface area (Å²) in [6.45, 7) is 1.14. The highest BCUT2D eigenvalue weighted by molar-refractivity contribution is 8.01. The molecule has 3 heterocycles. The lowest BCUT2D eigenvalue weighted by atomic mass is 9.92. The molecule has 1 aliphatic rings. The number of nitrogens with zero attached hydrogens (tertiary/aromatic N) is 4. The molecule has 0 bridgehead atoms. The molecule has 1 amide bonds. The monoisotopic (exact) mass is 363 g/mol. The fraction of sp³-hybridized carbons (Fsp3) is 0.400. The summed E-state index contributed by atoms with van der Waals surface area (Å²) in [5.41, 5.74) is 6.00. The second-order valence-corrected chi connectivity index (χ2v) is 7.68. The number of aromatic nitrogens is 3. The van der Waals surface area contributed by atoms with Crippen LogP contribution in [-0.4, -0.2) is 50.6 Å². The van der Waals surface area contributed by atoms with E-state index in [0.29, 0.717) is 28.3 Å². The van der Waals surface area contributed by atoms with Gasteiger partial charge in [0.1, 0.15) is 5.69 Å². The SMILES string of the molecule is Nc1nnc(SCC(=O)N2CCC[C@H](C(=O)c3ccccn3)C2)s1. The van der Waals surface area contributed by atoms with Crippen LogP contribution in [0.25, 0.3) is 0 Å². The Balaban J connectivity index is 1.56. The van der Waals surface area contributed by atoms with Gasteiger partial charge in [0.15, 0.2) is 10.1 Å². The van der Waals surface area contributed by atoms with Crippen LogP contribution in [-0.2, 0) is 4.79 Å². The molecule has 1 atom stereocenters. The van der Waals surface area contributed by atoms with Crippen molar-refractivity contribution in [3.8, 4) is 0 Å². The van der Waals surface area contributed by atoms with Crippen LogP contribution >= 0.6 is 23.1 Å². The maximum Gasteiger partial charge on any atom is 0.233 e. The standard InChI is InChI=1S/C15H17N5O2S2/c16-14-18-19-15(24-14)23-9-12(21)20-7-3-4-10(8-20)13(22)11-5-1-2-6-17-11/h1-2,5-6,10H,3-4,7-9H2,(H2,16,18)/t10-/m0/s1. The zero-order valence-electron chi connectivity index (χ0n) is 12.9. The molecule has 2 aromatic heterocycles. The molecule has 7 nitrogen and oxygen atoms in total. The molecular weight excluding hydrogens is 346 g/mol. The van der Waals surface area contributed by atoms with Crippen LogP contribution in [0.2, 0.25) is 0 Å². The van der Waals surface area contributed by atoms with Crippen molar-refractivity contribution in [3.05, 3.63) is 30.1 Å². The molecular formula is C15H17N5O2S2. The third kappa shape index (κ3) is 4.09. The molecule has 9 heteroatoms. The number of hydrogen-bond donors (Lipinski definition) is 1. The average Bonchev–Trinajstić information content (AvgIpc) is 3.05. The topological polar surface area (TPSA) is 102 Å². The maximum absolute atomic E-state index is 12.5. The van der Waals surface area contributed by atoms with Crippen LogP contribution < -0.4 is 5.73 Å². The Bertz CT molecular complexity index is 722. The lowest BCUT2D eigenvalue weighted by Gasteiger charge is -2.31. The number of Topliss-reactive ketones (excluding diaryl/α,β-unsaturated/α-hetero) is 1. The van der Waals surface area contributed by atoms with Gasteiger partial charge < -0.3 is 10.6 Å². The first-order valence-electron chi connectivity index (χ1n) is 7.58. The normalized spacial score (nSPS) is 17.7. The van der Waals surface area contributed by atoms with Gasteiger partial charge in [0, 0.05) is 25.2 Å². The van der Waals surface area contributed by atoms with Crippen molar-refractivity contribution >= 4 is 39.9 Å². The number of pyridine rings is 1.